The maximum Gasteiger partial charge on any atom is 0.265 e. The van der Waals surface area contributed by atoms with Gasteiger partial charge in [-0.2, -0.15) is 4.98 Å². The molecule has 0 saturated heterocycles. The van der Waals surface area contributed by atoms with E-state index in [0.29, 0.717) is 39.1 Å². The van der Waals surface area contributed by atoms with Gasteiger partial charge in [0.1, 0.15) is 11.6 Å². The quantitative estimate of drug-likeness (QED) is 0.428. The largest absolute Gasteiger partial charge is 0.268 e. The Kier molecular flexibility index (Phi) is 4.28. The van der Waals surface area contributed by atoms with Crippen molar-refractivity contribution in [2.75, 3.05) is 0 Å². The van der Waals surface area contributed by atoms with Gasteiger partial charge in [-0.15, -0.1) is 5.10 Å². The molecular formula is C20H13FN6OS. The fourth-order valence-electron chi connectivity index (χ4n) is 3.04. The first kappa shape index (κ1) is 17.5. The van der Waals surface area contributed by atoms with Gasteiger partial charge in [-0.1, -0.05) is 23.9 Å². The molecule has 5 aromatic rings. The summed E-state index contributed by atoms with van der Waals surface area (Å²) in [6, 6.07) is 14.7. The van der Waals surface area contributed by atoms with Gasteiger partial charge in [-0.3, -0.25) is 9.36 Å². The van der Waals surface area contributed by atoms with Gasteiger partial charge in [0.15, 0.2) is 0 Å². The fraction of sp³-hybridized carbons (Fsp3) is 0.0500. The second kappa shape index (κ2) is 7.10. The molecule has 0 atom stereocenters. The maximum atomic E-state index is 13.4. The van der Waals surface area contributed by atoms with E-state index in [1.807, 2.05) is 6.07 Å². The average molecular weight is 404 g/mol. The summed E-state index contributed by atoms with van der Waals surface area (Å²) in [6.07, 6.45) is 3.41. The molecule has 29 heavy (non-hydrogen) atoms. The molecule has 0 aliphatic heterocycles. The SMILES string of the molecule is O=c1c2ccccc2nc(CSc2nc3ncccn3n2)n1-c1ccc(F)cc1. The summed E-state index contributed by atoms with van der Waals surface area (Å²) in [7, 11) is 0. The standard InChI is InChI=1S/C20H13FN6OS/c21-13-6-8-14(9-7-13)27-17(23-16-5-2-1-4-15(16)18(27)28)12-29-20-24-19-22-10-3-11-26(19)25-20/h1-11H,12H2. The second-order valence-corrected chi connectivity index (χ2v) is 7.15. The number of thioether (sulfide) groups is 1. The van der Waals surface area contributed by atoms with E-state index in [0.717, 1.165) is 0 Å². The van der Waals surface area contributed by atoms with Crippen LogP contribution in [0.3, 0.4) is 0 Å². The first-order chi connectivity index (χ1) is 14.2. The van der Waals surface area contributed by atoms with E-state index in [1.165, 1.54) is 28.5 Å². The van der Waals surface area contributed by atoms with E-state index in [-0.39, 0.29) is 11.4 Å². The highest BCUT2D eigenvalue weighted by Gasteiger charge is 2.14. The monoisotopic (exact) mass is 404 g/mol. The smallest absolute Gasteiger partial charge is 0.265 e. The van der Waals surface area contributed by atoms with Crippen LogP contribution < -0.4 is 5.56 Å². The van der Waals surface area contributed by atoms with Gasteiger partial charge in [-0.25, -0.2) is 18.9 Å². The molecule has 5 rings (SSSR count). The zero-order valence-electron chi connectivity index (χ0n) is 14.9. The molecule has 0 radical (unpaired) electrons. The number of fused-ring (bicyclic) bond motifs is 2. The van der Waals surface area contributed by atoms with Gasteiger partial charge in [-0.05, 0) is 42.5 Å². The van der Waals surface area contributed by atoms with Gasteiger partial charge in [0.2, 0.25) is 5.16 Å². The Balaban J connectivity index is 1.60. The van der Waals surface area contributed by atoms with Crippen molar-refractivity contribution < 1.29 is 4.39 Å². The van der Waals surface area contributed by atoms with Crippen LogP contribution in [-0.4, -0.2) is 29.1 Å². The Labute approximate surface area is 167 Å². The van der Waals surface area contributed by atoms with E-state index >= 15 is 0 Å². The number of nitrogens with zero attached hydrogens (tertiary/aromatic N) is 6. The molecule has 0 N–H and O–H groups in total. The molecule has 0 saturated carbocycles. The van der Waals surface area contributed by atoms with Gasteiger partial charge < -0.3 is 0 Å². The van der Waals surface area contributed by atoms with Crippen LogP contribution in [0.1, 0.15) is 5.82 Å². The third-order valence-electron chi connectivity index (χ3n) is 4.36. The maximum absolute atomic E-state index is 13.4. The summed E-state index contributed by atoms with van der Waals surface area (Å²) in [5.74, 6) is 1.01. The summed E-state index contributed by atoms with van der Waals surface area (Å²) >= 11 is 1.35. The number of hydrogen-bond acceptors (Lipinski definition) is 6. The van der Waals surface area contributed by atoms with E-state index in [9.17, 15) is 9.18 Å². The molecule has 142 valence electrons. The zero-order chi connectivity index (χ0) is 19.8. The van der Waals surface area contributed by atoms with Gasteiger partial charge in [0, 0.05) is 12.4 Å². The van der Waals surface area contributed by atoms with Gasteiger partial charge in [0.25, 0.3) is 11.3 Å². The predicted octanol–water partition coefficient (Wildman–Crippen LogP) is 3.25. The van der Waals surface area contributed by atoms with E-state index in [1.54, 1.807) is 53.3 Å². The molecule has 7 nitrogen and oxygen atoms in total. The lowest BCUT2D eigenvalue weighted by atomic mass is 10.2. The first-order valence-corrected chi connectivity index (χ1v) is 9.74. The lowest BCUT2D eigenvalue weighted by Gasteiger charge is -2.13. The summed E-state index contributed by atoms with van der Waals surface area (Å²) in [6.45, 7) is 0. The Hall–Kier alpha value is -3.59. The van der Waals surface area contributed by atoms with Crippen LogP contribution in [0.4, 0.5) is 4.39 Å². The normalized spacial score (nSPS) is 11.3. The minimum atomic E-state index is -0.368. The van der Waals surface area contributed by atoms with Crippen molar-refractivity contribution >= 4 is 28.4 Å². The second-order valence-electron chi connectivity index (χ2n) is 6.21. The molecular weight excluding hydrogens is 391 g/mol. The Morgan fingerprint density at radius 1 is 1.00 bits per heavy atom. The molecule has 0 aliphatic rings. The van der Waals surface area contributed by atoms with Crippen LogP contribution >= 0.6 is 11.8 Å². The number of para-hydroxylation sites is 1. The molecule has 0 fully saturated rings. The van der Waals surface area contributed by atoms with E-state index in [4.69, 9.17) is 0 Å². The van der Waals surface area contributed by atoms with Gasteiger partial charge in [0.05, 0.1) is 22.3 Å². The summed E-state index contributed by atoms with van der Waals surface area (Å²) in [5, 5.41) is 5.39. The minimum absolute atomic E-state index is 0.206. The van der Waals surface area contributed by atoms with Crippen molar-refractivity contribution in [2.45, 2.75) is 10.9 Å². The molecule has 0 amide bonds. The number of benzene rings is 2. The highest BCUT2D eigenvalue weighted by Crippen LogP contribution is 2.21. The molecule has 0 unspecified atom stereocenters. The first-order valence-electron chi connectivity index (χ1n) is 8.76. The van der Waals surface area contributed by atoms with Crippen LogP contribution in [0.5, 0.6) is 0 Å². The van der Waals surface area contributed by atoms with Crippen LogP contribution in [0.2, 0.25) is 0 Å². The number of rotatable bonds is 4. The third kappa shape index (κ3) is 3.25. The van der Waals surface area contributed by atoms with Crippen molar-refractivity contribution in [2.24, 2.45) is 0 Å². The highest BCUT2D eigenvalue weighted by atomic mass is 32.2. The summed E-state index contributed by atoms with van der Waals surface area (Å²) in [5.41, 5.74) is 0.952. The van der Waals surface area contributed by atoms with Crippen molar-refractivity contribution in [1.29, 1.82) is 0 Å². The fourth-order valence-corrected chi connectivity index (χ4v) is 3.78. The molecule has 0 spiro atoms. The molecule has 2 aromatic carbocycles. The molecule has 9 heteroatoms. The van der Waals surface area contributed by atoms with Crippen LogP contribution in [-0.2, 0) is 5.75 Å². The lowest BCUT2D eigenvalue weighted by Crippen LogP contribution is -2.23. The summed E-state index contributed by atoms with van der Waals surface area (Å²) < 4.78 is 16.5. The molecule has 3 heterocycles. The Bertz CT molecular complexity index is 1360. The van der Waals surface area contributed by atoms with Gasteiger partial charge >= 0.3 is 0 Å². The Morgan fingerprint density at radius 3 is 2.66 bits per heavy atom. The lowest BCUT2D eigenvalue weighted by molar-refractivity contribution is 0.627. The van der Waals surface area contributed by atoms with Crippen molar-refractivity contribution in [3.63, 3.8) is 0 Å². The van der Waals surface area contributed by atoms with Crippen molar-refractivity contribution in [1.82, 2.24) is 29.1 Å². The highest BCUT2D eigenvalue weighted by molar-refractivity contribution is 7.98. The van der Waals surface area contributed by atoms with Crippen molar-refractivity contribution in [3.8, 4) is 5.69 Å². The van der Waals surface area contributed by atoms with Crippen LogP contribution in [0, 0.1) is 5.82 Å². The Morgan fingerprint density at radius 2 is 1.83 bits per heavy atom. The minimum Gasteiger partial charge on any atom is -0.268 e. The van der Waals surface area contributed by atoms with E-state index in [2.05, 4.69) is 20.1 Å². The molecule has 0 bridgehead atoms. The number of halogens is 1. The topological polar surface area (TPSA) is 78.0 Å². The van der Waals surface area contributed by atoms with Crippen molar-refractivity contribution in [3.05, 3.63) is 89.0 Å². The zero-order valence-corrected chi connectivity index (χ0v) is 15.8. The number of aromatic nitrogens is 6. The van der Waals surface area contributed by atoms with Crippen LogP contribution in [0.15, 0.2) is 76.9 Å². The molecule has 0 aliphatic carbocycles. The third-order valence-corrected chi connectivity index (χ3v) is 5.19. The molecule has 3 aromatic heterocycles. The van der Waals surface area contributed by atoms with Crippen LogP contribution in [0.25, 0.3) is 22.4 Å². The van der Waals surface area contributed by atoms with E-state index < -0.39 is 0 Å². The number of hydrogen-bond donors (Lipinski definition) is 0. The predicted molar refractivity (Wildman–Crippen MR) is 108 cm³/mol. The average Bonchev–Trinajstić information content (AvgIpc) is 3.16. The summed E-state index contributed by atoms with van der Waals surface area (Å²) in [4.78, 5) is 26.4.